The summed E-state index contributed by atoms with van der Waals surface area (Å²) in [6.45, 7) is 7.90. The van der Waals surface area contributed by atoms with Gasteiger partial charge >= 0.3 is 0 Å². The van der Waals surface area contributed by atoms with E-state index in [1.807, 2.05) is 0 Å². The monoisotopic (exact) mass is 235 g/mol. The molecule has 1 fully saturated rings. The van der Waals surface area contributed by atoms with Crippen LogP contribution < -0.4 is 10.6 Å². The average molecular weight is 235 g/mol. The van der Waals surface area contributed by atoms with E-state index in [1.165, 1.54) is 0 Å². The van der Waals surface area contributed by atoms with Crippen LogP contribution in [0.15, 0.2) is 12.4 Å². The summed E-state index contributed by atoms with van der Waals surface area (Å²) in [5.41, 5.74) is 6.75. The zero-order valence-corrected chi connectivity index (χ0v) is 10.8. The third kappa shape index (κ3) is 2.40. The van der Waals surface area contributed by atoms with E-state index in [0.717, 1.165) is 31.1 Å². The van der Waals surface area contributed by atoms with Crippen molar-refractivity contribution in [2.45, 2.75) is 25.9 Å². The summed E-state index contributed by atoms with van der Waals surface area (Å²) in [5, 5.41) is 0. The van der Waals surface area contributed by atoms with Gasteiger partial charge < -0.3 is 10.6 Å². The number of rotatable bonds is 2. The molecule has 0 atom stereocenters. The average Bonchev–Trinajstić information content (AvgIpc) is 2.32. The molecule has 2 rings (SSSR count). The Kier molecular flexibility index (Phi) is 3.31. The topological polar surface area (TPSA) is 58.3 Å². The van der Waals surface area contributed by atoms with Crippen LogP contribution in [-0.2, 0) is 6.54 Å². The first-order chi connectivity index (χ1) is 8.04. The number of piperazine rings is 1. The molecular formula is C12H21N5. The summed E-state index contributed by atoms with van der Waals surface area (Å²) in [5.74, 6) is 0.941. The summed E-state index contributed by atoms with van der Waals surface area (Å²) < 4.78 is 0. The molecule has 17 heavy (non-hydrogen) atoms. The van der Waals surface area contributed by atoms with Crippen molar-refractivity contribution >= 4 is 5.82 Å². The van der Waals surface area contributed by atoms with Gasteiger partial charge in [-0.05, 0) is 20.9 Å². The zero-order valence-electron chi connectivity index (χ0n) is 10.8. The molecule has 1 aliphatic rings. The van der Waals surface area contributed by atoms with E-state index in [2.05, 4.69) is 40.7 Å². The van der Waals surface area contributed by atoms with E-state index in [1.54, 1.807) is 12.4 Å². The molecule has 5 heteroatoms. The quantitative estimate of drug-likeness (QED) is 0.807. The molecule has 1 aromatic rings. The minimum Gasteiger partial charge on any atom is -0.352 e. The van der Waals surface area contributed by atoms with E-state index >= 15 is 0 Å². The van der Waals surface area contributed by atoms with Crippen molar-refractivity contribution in [1.82, 2.24) is 14.9 Å². The fourth-order valence-corrected chi connectivity index (χ4v) is 2.19. The van der Waals surface area contributed by atoms with Crippen LogP contribution >= 0.6 is 0 Å². The van der Waals surface area contributed by atoms with Crippen LogP contribution in [0, 0.1) is 0 Å². The lowest BCUT2D eigenvalue weighted by atomic mass is 9.99. The van der Waals surface area contributed by atoms with Crippen molar-refractivity contribution < 1.29 is 0 Å². The highest BCUT2D eigenvalue weighted by Gasteiger charge is 2.32. The summed E-state index contributed by atoms with van der Waals surface area (Å²) in [4.78, 5) is 13.4. The Balaban J connectivity index is 2.23. The molecule has 0 unspecified atom stereocenters. The number of nitrogens with zero attached hydrogens (tertiary/aromatic N) is 4. The van der Waals surface area contributed by atoms with E-state index < -0.39 is 0 Å². The Morgan fingerprint density at radius 2 is 2.00 bits per heavy atom. The Morgan fingerprint density at radius 3 is 2.65 bits per heavy atom. The second-order valence-electron chi connectivity index (χ2n) is 5.19. The fourth-order valence-electron chi connectivity index (χ4n) is 2.19. The van der Waals surface area contributed by atoms with Gasteiger partial charge in [-0.2, -0.15) is 0 Å². The number of nitrogens with two attached hydrogens (primary N) is 1. The molecule has 2 heterocycles. The molecule has 2 N–H and O–H groups in total. The van der Waals surface area contributed by atoms with Crippen molar-refractivity contribution in [3.63, 3.8) is 0 Å². The van der Waals surface area contributed by atoms with Gasteiger partial charge in [0.1, 0.15) is 0 Å². The van der Waals surface area contributed by atoms with Gasteiger partial charge in [0.2, 0.25) is 0 Å². The molecule has 1 saturated heterocycles. The molecular weight excluding hydrogens is 214 g/mol. The molecule has 0 amide bonds. The van der Waals surface area contributed by atoms with Crippen molar-refractivity contribution in [1.29, 1.82) is 0 Å². The van der Waals surface area contributed by atoms with Crippen LogP contribution in [0.5, 0.6) is 0 Å². The molecule has 5 nitrogen and oxygen atoms in total. The summed E-state index contributed by atoms with van der Waals surface area (Å²) in [7, 11) is 2.16. The lowest BCUT2D eigenvalue weighted by Crippen LogP contribution is -2.58. The highest BCUT2D eigenvalue weighted by Crippen LogP contribution is 2.24. The van der Waals surface area contributed by atoms with Crippen molar-refractivity contribution in [2.75, 3.05) is 31.6 Å². The maximum absolute atomic E-state index is 5.71. The van der Waals surface area contributed by atoms with Crippen LogP contribution in [0.3, 0.4) is 0 Å². The smallest absolute Gasteiger partial charge is 0.151 e. The van der Waals surface area contributed by atoms with Crippen molar-refractivity contribution in [3.8, 4) is 0 Å². The number of aromatic nitrogens is 2. The first-order valence-electron chi connectivity index (χ1n) is 6.01. The SMILES string of the molecule is CN1CCN(c2nccnc2CN)CC1(C)C. The third-order valence-corrected chi connectivity index (χ3v) is 3.56. The van der Waals surface area contributed by atoms with Gasteiger partial charge in [-0.3, -0.25) is 9.88 Å². The van der Waals surface area contributed by atoms with Gasteiger partial charge in [-0.25, -0.2) is 4.98 Å². The molecule has 0 radical (unpaired) electrons. The van der Waals surface area contributed by atoms with Gasteiger partial charge in [0.05, 0.1) is 5.69 Å². The number of hydrogen-bond acceptors (Lipinski definition) is 5. The van der Waals surface area contributed by atoms with Crippen LogP contribution in [0.1, 0.15) is 19.5 Å². The van der Waals surface area contributed by atoms with E-state index in [4.69, 9.17) is 5.73 Å². The van der Waals surface area contributed by atoms with E-state index in [9.17, 15) is 0 Å². The summed E-state index contributed by atoms with van der Waals surface area (Å²) in [6.07, 6.45) is 3.44. The highest BCUT2D eigenvalue weighted by molar-refractivity contribution is 5.44. The second kappa shape index (κ2) is 4.58. The highest BCUT2D eigenvalue weighted by atomic mass is 15.3. The van der Waals surface area contributed by atoms with Gasteiger partial charge in [-0.15, -0.1) is 0 Å². The lowest BCUT2D eigenvalue weighted by Gasteiger charge is -2.46. The predicted molar refractivity (Wildman–Crippen MR) is 68.8 cm³/mol. The Bertz CT molecular complexity index is 390. The van der Waals surface area contributed by atoms with Crippen LogP contribution in [0.4, 0.5) is 5.82 Å². The van der Waals surface area contributed by atoms with E-state index in [0.29, 0.717) is 6.54 Å². The Morgan fingerprint density at radius 1 is 1.29 bits per heavy atom. The molecule has 0 saturated carbocycles. The number of likely N-dealkylation sites (N-methyl/N-ethyl adjacent to an activating group) is 1. The predicted octanol–water partition coefficient (Wildman–Crippen LogP) is 0.466. The third-order valence-electron chi connectivity index (χ3n) is 3.56. The molecule has 1 aliphatic heterocycles. The fraction of sp³-hybridized carbons (Fsp3) is 0.667. The van der Waals surface area contributed by atoms with Gasteiger partial charge in [-0.1, -0.05) is 0 Å². The largest absolute Gasteiger partial charge is 0.352 e. The second-order valence-corrected chi connectivity index (χ2v) is 5.19. The lowest BCUT2D eigenvalue weighted by molar-refractivity contribution is 0.138. The first kappa shape index (κ1) is 12.3. The summed E-state index contributed by atoms with van der Waals surface area (Å²) in [6, 6.07) is 0. The van der Waals surface area contributed by atoms with Gasteiger partial charge in [0.15, 0.2) is 5.82 Å². The van der Waals surface area contributed by atoms with Crippen molar-refractivity contribution in [3.05, 3.63) is 18.1 Å². The maximum Gasteiger partial charge on any atom is 0.151 e. The van der Waals surface area contributed by atoms with Crippen LogP contribution in [0.25, 0.3) is 0 Å². The zero-order chi connectivity index (χ0) is 12.5. The Labute approximate surface area is 103 Å². The van der Waals surface area contributed by atoms with Gasteiger partial charge in [0, 0.05) is 44.1 Å². The minimum absolute atomic E-state index is 0.154. The molecule has 1 aromatic heterocycles. The molecule has 0 aliphatic carbocycles. The van der Waals surface area contributed by atoms with Gasteiger partial charge in [0.25, 0.3) is 0 Å². The Hall–Kier alpha value is -1.20. The van der Waals surface area contributed by atoms with Crippen LogP contribution in [-0.4, -0.2) is 47.1 Å². The summed E-state index contributed by atoms with van der Waals surface area (Å²) >= 11 is 0. The molecule has 94 valence electrons. The first-order valence-corrected chi connectivity index (χ1v) is 6.01. The normalized spacial score (nSPS) is 20.6. The molecule has 0 aromatic carbocycles. The number of anilines is 1. The van der Waals surface area contributed by atoms with Crippen molar-refractivity contribution in [2.24, 2.45) is 5.73 Å². The molecule has 0 bridgehead atoms. The standard InChI is InChI=1S/C12H21N5/c1-12(2)9-17(7-6-16(12)3)11-10(8-13)14-4-5-15-11/h4-5H,6-9,13H2,1-3H3. The molecule has 0 spiro atoms. The van der Waals surface area contributed by atoms with Crippen LogP contribution in [0.2, 0.25) is 0 Å². The minimum atomic E-state index is 0.154. The van der Waals surface area contributed by atoms with E-state index in [-0.39, 0.29) is 5.54 Å². The maximum atomic E-state index is 5.71. The number of hydrogen-bond donors (Lipinski definition) is 1.